The van der Waals surface area contributed by atoms with Gasteiger partial charge in [-0.1, -0.05) is 35.3 Å². The molecule has 0 unspecified atom stereocenters. The van der Waals surface area contributed by atoms with E-state index < -0.39 is 5.97 Å². The Kier molecular flexibility index (Phi) is 5.49. The third-order valence-corrected chi connectivity index (χ3v) is 4.48. The fourth-order valence-corrected chi connectivity index (χ4v) is 3.47. The van der Waals surface area contributed by atoms with Crippen LogP contribution in [-0.2, 0) is 16.0 Å². The maximum Gasteiger partial charge on any atom is 0.307 e. The van der Waals surface area contributed by atoms with Crippen molar-refractivity contribution in [2.75, 3.05) is 17.2 Å². The molecule has 0 fully saturated rings. The molecule has 1 heterocycles. The number of aliphatic carboxylic acids is 1. The Bertz CT molecular complexity index is 892. The van der Waals surface area contributed by atoms with Crippen LogP contribution in [-0.4, -0.2) is 23.5 Å². The average Bonchev–Trinajstić information content (AvgIpc) is 2.55. The van der Waals surface area contributed by atoms with Crippen LogP contribution in [0.25, 0.3) is 5.57 Å². The van der Waals surface area contributed by atoms with E-state index in [1.54, 1.807) is 36.4 Å². The highest BCUT2D eigenvalue weighted by molar-refractivity contribution is 6.36. The average molecular weight is 391 g/mol. The standard InChI is InChI=1S/C19H16Cl2N2O3/c20-13-9-15(21)19-12(5-6-22-16(19)10-13)8-17(24)23-14-3-1-11(2-4-14)7-18(25)26/h1-4,8-10,22H,5-7H2,(H,23,24)(H,25,26)/b12-8+. The molecule has 0 saturated carbocycles. The predicted octanol–water partition coefficient (Wildman–Crippen LogP) is 4.46. The summed E-state index contributed by atoms with van der Waals surface area (Å²) in [6.45, 7) is 0.687. The number of rotatable bonds is 4. The van der Waals surface area contributed by atoms with Crippen molar-refractivity contribution in [2.24, 2.45) is 0 Å². The second kappa shape index (κ2) is 7.81. The smallest absolute Gasteiger partial charge is 0.307 e. The van der Waals surface area contributed by atoms with Crippen molar-refractivity contribution in [3.05, 3.63) is 63.6 Å². The van der Waals surface area contributed by atoms with E-state index >= 15 is 0 Å². The summed E-state index contributed by atoms with van der Waals surface area (Å²) >= 11 is 12.3. The third-order valence-electron chi connectivity index (χ3n) is 3.97. The number of hydrogen-bond acceptors (Lipinski definition) is 3. The summed E-state index contributed by atoms with van der Waals surface area (Å²) in [5, 5.41) is 15.8. The van der Waals surface area contributed by atoms with Gasteiger partial charge in [-0.25, -0.2) is 0 Å². The van der Waals surface area contributed by atoms with Crippen molar-refractivity contribution >= 4 is 52.0 Å². The highest BCUT2D eigenvalue weighted by atomic mass is 35.5. The number of carbonyl (C=O) groups is 2. The number of hydrogen-bond donors (Lipinski definition) is 3. The molecule has 0 bridgehead atoms. The third kappa shape index (κ3) is 4.36. The lowest BCUT2D eigenvalue weighted by Crippen LogP contribution is -2.15. The second-order valence-electron chi connectivity index (χ2n) is 5.91. The number of fused-ring (bicyclic) bond motifs is 1. The van der Waals surface area contributed by atoms with Crippen LogP contribution >= 0.6 is 23.2 Å². The topological polar surface area (TPSA) is 78.4 Å². The lowest BCUT2D eigenvalue weighted by atomic mass is 9.96. The summed E-state index contributed by atoms with van der Waals surface area (Å²) in [6, 6.07) is 10.2. The summed E-state index contributed by atoms with van der Waals surface area (Å²) in [7, 11) is 0. The maximum atomic E-state index is 12.4. The Morgan fingerprint density at radius 3 is 2.62 bits per heavy atom. The van der Waals surface area contributed by atoms with Gasteiger partial charge in [-0.05, 0) is 41.8 Å². The van der Waals surface area contributed by atoms with Crippen LogP contribution in [0.2, 0.25) is 10.0 Å². The van der Waals surface area contributed by atoms with Crippen molar-refractivity contribution in [2.45, 2.75) is 12.8 Å². The second-order valence-corrected chi connectivity index (χ2v) is 6.76. The van der Waals surface area contributed by atoms with Gasteiger partial charge in [-0.2, -0.15) is 0 Å². The number of carboxylic acid groups (broad SMARTS) is 1. The molecule has 7 heteroatoms. The fourth-order valence-electron chi connectivity index (χ4n) is 2.86. The summed E-state index contributed by atoms with van der Waals surface area (Å²) in [5.41, 5.74) is 3.70. The van der Waals surface area contributed by atoms with Gasteiger partial charge >= 0.3 is 5.97 Å². The first kappa shape index (κ1) is 18.3. The van der Waals surface area contributed by atoms with Crippen LogP contribution < -0.4 is 10.6 Å². The van der Waals surface area contributed by atoms with E-state index in [1.807, 2.05) is 0 Å². The molecule has 0 atom stereocenters. The number of nitrogens with one attached hydrogen (secondary N) is 2. The molecule has 1 amide bonds. The SMILES string of the molecule is O=C(O)Cc1ccc(NC(=O)/C=C2\CCNc3cc(Cl)cc(Cl)c32)cc1. The van der Waals surface area contributed by atoms with Gasteiger partial charge in [0.25, 0.3) is 0 Å². The van der Waals surface area contributed by atoms with E-state index in [-0.39, 0.29) is 12.3 Å². The largest absolute Gasteiger partial charge is 0.481 e. The molecule has 2 aromatic rings. The first-order valence-electron chi connectivity index (χ1n) is 7.98. The van der Waals surface area contributed by atoms with E-state index in [4.69, 9.17) is 28.3 Å². The molecule has 134 valence electrons. The quantitative estimate of drug-likeness (QED) is 0.673. The maximum absolute atomic E-state index is 12.4. The number of carbonyl (C=O) groups excluding carboxylic acids is 1. The van der Waals surface area contributed by atoms with Crippen molar-refractivity contribution in [3.8, 4) is 0 Å². The Morgan fingerprint density at radius 1 is 1.19 bits per heavy atom. The normalized spacial score (nSPS) is 14.5. The van der Waals surface area contributed by atoms with Crippen LogP contribution in [0.15, 0.2) is 42.5 Å². The molecular weight excluding hydrogens is 375 g/mol. The molecule has 1 aliphatic rings. The van der Waals surface area contributed by atoms with Crippen molar-refractivity contribution < 1.29 is 14.7 Å². The Hall–Kier alpha value is -2.50. The molecule has 5 nitrogen and oxygen atoms in total. The Balaban J connectivity index is 1.77. The number of halogens is 2. The first-order valence-corrected chi connectivity index (χ1v) is 8.73. The van der Waals surface area contributed by atoms with Crippen LogP contribution in [0.1, 0.15) is 17.5 Å². The van der Waals surface area contributed by atoms with E-state index in [2.05, 4.69) is 10.6 Å². The zero-order valence-electron chi connectivity index (χ0n) is 13.7. The minimum atomic E-state index is -0.895. The lowest BCUT2D eigenvalue weighted by Gasteiger charge is -2.22. The van der Waals surface area contributed by atoms with E-state index in [1.165, 1.54) is 6.08 Å². The molecule has 26 heavy (non-hydrogen) atoms. The van der Waals surface area contributed by atoms with Gasteiger partial charge in [0.05, 0.1) is 11.4 Å². The molecule has 1 aliphatic heterocycles. The molecule has 3 N–H and O–H groups in total. The van der Waals surface area contributed by atoms with Gasteiger partial charge in [-0.15, -0.1) is 0 Å². The molecule has 0 radical (unpaired) electrons. The van der Waals surface area contributed by atoms with Crippen molar-refractivity contribution in [1.29, 1.82) is 0 Å². The predicted molar refractivity (Wildman–Crippen MR) is 104 cm³/mol. The van der Waals surface area contributed by atoms with Gasteiger partial charge in [-0.3, -0.25) is 9.59 Å². The van der Waals surface area contributed by atoms with Crippen LogP contribution in [0.4, 0.5) is 11.4 Å². The highest BCUT2D eigenvalue weighted by Gasteiger charge is 2.19. The molecular formula is C19H16Cl2N2O3. The molecule has 0 aromatic heterocycles. The summed E-state index contributed by atoms with van der Waals surface area (Å²) in [5.74, 6) is -1.17. The number of anilines is 2. The zero-order chi connectivity index (χ0) is 18.7. The number of benzene rings is 2. The van der Waals surface area contributed by atoms with E-state index in [9.17, 15) is 9.59 Å². The summed E-state index contributed by atoms with van der Waals surface area (Å²) < 4.78 is 0. The van der Waals surface area contributed by atoms with Gasteiger partial charge in [0.2, 0.25) is 5.91 Å². The van der Waals surface area contributed by atoms with Crippen LogP contribution in [0.5, 0.6) is 0 Å². The summed E-state index contributed by atoms with van der Waals surface area (Å²) in [4.78, 5) is 23.1. The Labute approximate surface area is 160 Å². The van der Waals surface area contributed by atoms with Gasteiger partial charge in [0.1, 0.15) is 0 Å². The highest BCUT2D eigenvalue weighted by Crippen LogP contribution is 2.38. The first-order chi connectivity index (χ1) is 12.4. The van der Waals surface area contributed by atoms with Gasteiger partial charge in [0, 0.05) is 34.6 Å². The minimum absolute atomic E-state index is 0.0525. The van der Waals surface area contributed by atoms with Crippen LogP contribution in [0.3, 0.4) is 0 Å². The molecule has 3 rings (SSSR count). The lowest BCUT2D eigenvalue weighted by molar-refractivity contribution is -0.136. The van der Waals surface area contributed by atoms with Crippen molar-refractivity contribution in [3.63, 3.8) is 0 Å². The van der Waals surface area contributed by atoms with Crippen LogP contribution in [0, 0.1) is 0 Å². The van der Waals surface area contributed by atoms with Gasteiger partial charge in [0.15, 0.2) is 0 Å². The molecule has 0 saturated heterocycles. The van der Waals surface area contributed by atoms with E-state index in [0.29, 0.717) is 34.3 Å². The number of amides is 1. The molecule has 2 aromatic carbocycles. The van der Waals surface area contributed by atoms with Crippen molar-refractivity contribution in [1.82, 2.24) is 0 Å². The van der Waals surface area contributed by atoms with E-state index in [0.717, 1.165) is 16.8 Å². The Morgan fingerprint density at radius 2 is 1.92 bits per heavy atom. The fraction of sp³-hybridized carbons (Fsp3) is 0.158. The monoisotopic (exact) mass is 390 g/mol. The number of carboxylic acids is 1. The van der Waals surface area contributed by atoms with Gasteiger partial charge < -0.3 is 15.7 Å². The summed E-state index contributed by atoms with van der Waals surface area (Å²) in [6.07, 6.45) is 2.15. The molecule has 0 aliphatic carbocycles. The minimum Gasteiger partial charge on any atom is -0.481 e. The molecule has 0 spiro atoms. The zero-order valence-corrected chi connectivity index (χ0v) is 15.2.